The van der Waals surface area contributed by atoms with E-state index in [2.05, 4.69) is 15.5 Å². The summed E-state index contributed by atoms with van der Waals surface area (Å²) in [6.07, 6.45) is 0. The summed E-state index contributed by atoms with van der Waals surface area (Å²) in [6.45, 7) is 4.00. The van der Waals surface area contributed by atoms with Gasteiger partial charge in [-0.3, -0.25) is 0 Å². The zero-order valence-corrected chi connectivity index (χ0v) is 11.7. The first kappa shape index (κ1) is 13.2. The zero-order valence-electron chi connectivity index (χ0n) is 11.7. The lowest BCUT2D eigenvalue weighted by atomic mass is 10.1. The highest BCUT2D eigenvalue weighted by molar-refractivity contribution is 5.72. The number of hydrogen-bond donors (Lipinski definition) is 1. The van der Waals surface area contributed by atoms with E-state index in [9.17, 15) is 4.39 Å². The summed E-state index contributed by atoms with van der Waals surface area (Å²) in [7, 11) is 0. The van der Waals surface area contributed by atoms with Crippen molar-refractivity contribution >= 4 is 5.69 Å². The van der Waals surface area contributed by atoms with Crippen molar-refractivity contribution < 1.29 is 4.39 Å². The molecule has 1 heterocycles. The highest BCUT2D eigenvalue weighted by Gasteiger charge is 2.16. The van der Waals surface area contributed by atoms with Gasteiger partial charge in [0.1, 0.15) is 5.82 Å². The number of aryl methyl sites for hydroxylation is 1. The first-order valence-electron chi connectivity index (χ1n) is 6.48. The summed E-state index contributed by atoms with van der Waals surface area (Å²) in [5.74, 6) is 0.0374. The van der Waals surface area contributed by atoms with E-state index in [-0.39, 0.29) is 5.82 Å². The van der Waals surface area contributed by atoms with Crippen molar-refractivity contribution in [3.8, 4) is 17.1 Å². The van der Waals surface area contributed by atoms with Crippen LogP contribution in [0.5, 0.6) is 0 Å². The van der Waals surface area contributed by atoms with Gasteiger partial charge in [-0.05, 0) is 59.7 Å². The molecule has 0 amide bonds. The monoisotopic (exact) mass is 283 g/mol. The Balaban J connectivity index is 2.22. The molecule has 1 aromatic heterocycles. The van der Waals surface area contributed by atoms with Crippen molar-refractivity contribution in [3.63, 3.8) is 0 Å². The van der Waals surface area contributed by atoms with Crippen LogP contribution in [0.25, 0.3) is 17.1 Å². The number of aromatic nitrogens is 4. The fraction of sp³-hybridized carbons (Fsp3) is 0.133. The molecule has 5 nitrogen and oxygen atoms in total. The van der Waals surface area contributed by atoms with Crippen molar-refractivity contribution in [3.05, 3.63) is 53.3 Å². The lowest BCUT2D eigenvalue weighted by Crippen LogP contribution is -2.04. The third kappa shape index (κ3) is 2.24. The van der Waals surface area contributed by atoms with E-state index in [0.29, 0.717) is 17.1 Å². The van der Waals surface area contributed by atoms with Crippen molar-refractivity contribution in [1.29, 1.82) is 0 Å². The molecule has 0 saturated heterocycles. The molecule has 2 N–H and O–H groups in total. The Kier molecular flexibility index (Phi) is 3.13. The number of nitrogens with zero attached hydrogens (tertiary/aromatic N) is 4. The van der Waals surface area contributed by atoms with Crippen LogP contribution in [0.4, 0.5) is 10.1 Å². The van der Waals surface area contributed by atoms with Crippen LogP contribution in [-0.2, 0) is 0 Å². The van der Waals surface area contributed by atoms with Gasteiger partial charge in [-0.2, -0.15) is 4.68 Å². The Bertz CT molecular complexity index is 793. The summed E-state index contributed by atoms with van der Waals surface area (Å²) in [4.78, 5) is 0. The highest BCUT2D eigenvalue weighted by Crippen LogP contribution is 2.27. The average Bonchev–Trinajstić information content (AvgIpc) is 2.93. The molecule has 6 heteroatoms. The number of hydrogen-bond acceptors (Lipinski definition) is 4. The van der Waals surface area contributed by atoms with Gasteiger partial charge in [0, 0.05) is 11.3 Å². The predicted molar refractivity (Wildman–Crippen MR) is 78.4 cm³/mol. The Morgan fingerprint density at radius 2 is 1.95 bits per heavy atom. The largest absolute Gasteiger partial charge is 0.398 e. The molecule has 106 valence electrons. The van der Waals surface area contributed by atoms with Gasteiger partial charge in [-0.1, -0.05) is 12.1 Å². The van der Waals surface area contributed by atoms with Gasteiger partial charge in [0.2, 0.25) is 0 Å². The summed E-state index contributed by atoms with van der Waals surface area (Å²) >= 11 is 0. The molecule has 0 radical (unpaired) electrons. The van der Waals surface area contributed by atoms with E-state index in [1.165, 1.54) is 18.2 Å². The minimum absolute atomic E-state index is 0.380. The van der Waals surface area contributed by atoms with E-state index >= 15 is 0 Å². The second-order valence-corrected chi connectivity index (χ2v) is 4.86. The predicted octanol–water partition coefficient (Wildman–Crippen LogP) is 2.67. The second-order valence-electron chi connectivity index (χ2n) is 4.86. The van der Waals surface area contributed by atoms with Crippen molar-refractivity contribution in [1.82, 2.24) is 20.2 Å². The number of nitrogens with two attached hydrogens (primary N) is 1. The van der Waals surface area contributed by atoms with E-state index in [0.717, 1.165) is 16.8 Å². The Labute approximate surface area is 121 Å². The van der Waals surface area contributed by atoms with Gasteiger partial charge in [-0.15, -0.1) is 5.10 Å². The average molecular weight is 283 g/mol. The smallest absolute Gasteiger partial charge is 0.189 e. The van der Waals surface area contributed by atoms with Crippen LogP contribution in [0.2, 0.25) is 0 Å². The molecule has 0 spiro atoms. The molecule has 3 rings (SSSR count). The lowest BCUT2D eigenvalue weighted by molar-refractivity contribution is 0.628. The third-order valence-electron chi connectivity index (χ3n) is 3.53. The molecule has 0 fully saturated rings. The normalized spacial score (nSPS) is 10.8. The van der Waals surface area contributed by atoms with E-state index in [1.54, 1.807) is 4.68 Å². The first-order valence-corrected chi connectivity index (χ1v) is 6.48. The summed E-state index contributed by atoms with van der Waals surface area (Å²) in [6, 6.07) is 10.0. The second kappa shape index (κ2) is 4.97. The molecule has 3 aromatic rings. The number of rotatable bonds is 2. The molecule has 2 aromatic carbocycles. The molecular weight excluding hydrogens is 269 g/mol. The zero-order chi connectivity index (χ0) is 15.0. The molecule has 0 aliphatic carbocycles. The van der Waals surface area contributed by atoms with Gasteiger partial charge in [0.05, 0.1) is 5.69 Å². The standard InChI is InChI=1S/C15H14FN5/c1-9-4-3-5-14(10(9)2)21-15(18-19-20-21)12-8-11(16)6-7-13(12)17/h3-8H,17H2,1-2H3. The molecule has 21 heavy (non-hydrogen) atoms. The van der Waals surface area contributed by atoms with Gasteiger partial charge >= 0.3 is 0 Å². The van der Waals surface area contributed by atoms with Gasteiger partial charge in [0.25, 0.3) is 0 Å². The van der Waals surface area contributed by atoms with Crippen molar-refractivity contribution in [2.75, 3.05) is 5.73 Å². The van der Waals surface area contributed by atoms with Crippen LogP contribution >= 0.6 is 0 Å². The first-order chi connectivity index (χ1) is 10.1. The Morgan fingerprint density at radius 3 is 2.76 bits per heavy atom. The maximum absolute atomic E-state index is 13.5. The van der Waals surface area contributed by atoms with E-state index in [4.69, 9.17) is 5.73 Å². The molecule has 0 saturated carbocycles. The molecular formula is C15H14FN5. The molecule has 0 aliphatic heterocycles. The van der Waals surface area contributed by atoms with E-state index in [1.807, 2.05) is 32.0 Å². The van der Waals surface area contributed by atoms with Crippen LogP contribution in [0.15, 0.2) is 36.4 Å². The van der Waals surface area contributed by atoms with Crippen LogP contribution in [0.1, 0.15) is 11.1 Å². The molecule has 0 unspecified atom stereocenters. The van der Waals surface area contributed by atoms with Crippen LogP contribution < -0.4 is 5.73 Å². The van der Waals surface area contributed by atoms with Crippen molar-refractivity contribution in [2.24, 2.45) is 0 Å². The van der Waals surface area contributed by atoms with Gasteiger partial charge in [0.15, 0.2) is 5.82 Å². The summed E-state index contributed by atoms with van der Waals surface area (Å²) < 4.78 is 15.1. The molecule has 0 aliphatic rings. The Hall–Kier alpha value is -2.76. The third-order valence-corrected chi connectivity index (χ3v) is 3.53. The quantitative estimate of drug-likeness (QED) is 0.734. The van der Waals surface area contributed by atoms with Crippen molar-refractivity contribution in [2.45, 2.75) is 13.8 Å². The summed E-state index contributed by atoms with van der Waals surface area (Å²) in [5.41, 5.74) is 9.85. The minimum Gasteiger partial charge on any atom is -0.398 e. The number of tetrazole rings is 1. The summed E-state index contributed by atoms with van der Waals surface area (Å²) in [5, 5.41) is 11.7. The Morgan fingerprint density at radius 1 is 1.14 bits per heavy atom. The van der Waals surface area contributed by atoms with Crippen LogP contribution in [0.3, 0.4) is 0 Å². The lowest BCUT2D eigenvalue weighted by Gasteiger charge is -2.11. The number of benzene rings is 2. The maximum atomic E-state index is 13.5. The number of halogens is 1. The maximum Gasteiger partial charge on any atom is 0.189 e. The van der Waals surface area contributed by atoms with Crippen LogP contribution in [0, 0.1) is 19.7 Å². The number of nitrogen functional groups attached to an aromatic ring is 1. The highest BCUT2D eigenvalue weighted by atomic mass is 19.1. The topological polar surface area (TPSA) is 69.6 Å². The number of anilines is 1. The van der Waals surface area contributed by atoms with Crippen LogP contribution in [-0.4, -0.2) is 20.2 Å². The minimum atomic E-state index is -0.380. The van der Waals surface area contributed by atoms with Gasteiger partial charge in [-0.25, -0.2) is 4.39 Å². The fourth-order valence-corrected chi connectivity index (χ4v) is 2.20. The molecule has 0 atom stereocenters. The fourth-order valence-electron chi connectivity index (χ4n) is 2.20. The molecule has 0 bridgehead atoms. The van der Waals surface area contributed by atoms with Gasteiger partial charge < -0.3 is 5.73 Å². The SMILES string of the molecule is Cc1cccc(-n2nnnc2-c2cc(F)ccc2N)c1C. The van der Waals surface area contributed by atoms with E-state index < -0.39 is 0 Å².